The number of Topliss-reactive ketones (excluding diaryl/α,β-unsaturated/α-hetero) is 1. The third-order valence-corrected chi connectivity index (χ3v) is 3.87. The van der Waals surface area contributed by atoms with E-state index in [4.69, 9.17) is 11.6 Å². The van der Waals surface area contributed by atoms with Crippen molar-refractivity contribution in [1.82, 2.24) is 4.98 Å². The lowest BCUT2D eigenvalue weighted by atomic mass is 9.90. The lowest BCUT2D eigenvalue weighted by Gasteiger charge is -2.13. The first-order valence-electron chi connectivity index (χ1n) is 6.18. The molecule has 0 aliphatic heterocycles. The highest BCUT2D eigenvalue weighted by molar-refractivity contribution is 6.33. The molecule has 1 N–H and O–H groups in total. The molecule has 0 unspecified atom stereocenters. The highest BCUT2D eigenvalue weighted by Gasteiger charge is 2.25. The van der Waals surface area contributed by atoms with Gasteiger partial charge in [-0.3, -0.25) is 4.79 Å². The number of carbonyl (C=O) groups is 1. The Hall–Kier alpha value is -1.54. The van der Waals surface area contributed by atoms with E-state index in [2.05, 4.69) is 4.98 Å². The largest absolute Gasteiger partial charge is 0.358 e. The summed E-state index contributed by atoms with van der Waals surface area (Å²) >= 11 is 6.24. The number of halogens is 1. The summed E-state index contributed by atoms with van der Waals surface area (Å²) in [7, 11) is 0. The topological polar surface area (TPSA) is 32.9 Å². The molecule has 1 aromatic carbocycles. The highest BCUT2D eigenvalue weighted by Crippen LogP contribution is 2.36. The first-order chi connectivity index (χ1) is 8.68. The Morgan fingerprint density at radius 2 is 2.00 bits per heavy atom. The molecule has 0 amide bonds. The molecule has 0 fully saturated rings. The summed E-state index contributed by atoms with van der Waals surface area (Å²) in [6.07, 6.45) is 2.54. The van der Waals surface area contributed by atoms with E-state index in [1.807, 2.05) is 31.2 Å². The first-order valence-corrected chi connectivity index (χ1v) is 6.56. The second-order valence-electron chi connectivity index (χ2n) is 4.74. The van der Waals surface area contributed by atoms with Gasteiger partial charge in [-0.25, -0.2) is 0 Å². The minimum Gasteiger partial charge on any atom is -0.358 e. The summed E-state index contributed by atoms with van der Waals surface area (Å²) in [6.45, 7) is 1.96. The number of nitrogens with one attached hydrogen (secondary N) is 1. The number of ketones is 1. The monoisotopic (exact) mass is 259 g/mol. The molecule has 1 aliphatic rings. The van der Waals surface area contributed by atoms with Gasteiger partial charge in [-0.05, 0) is 31.4 Å². The van der Waals surface area contributed by atoms with Crippen LogP contribution in [0.1, 0.15) is 34.5 Å². The van der Waals surface area contributed by atoms with Crippen LogP contribution in [0.25, 0.3) is 11.3 Å². The zero-order valence-corrected chi connectivity index (χ0v) is 11.0. The first kappa shape index (κ1) is 11.5. The van der Waals surface area contributed by atoms with Crippen LogP contribution in [-0.2, 0) is 6.42 Å². The quantitative estimate of drug-likeness (QED) is 0.819. The van der Waals surface area contributed by atoms with Crippen molar-refractivity contribution in [2.24, 2.45) is 0 Å². The summed E-state index contributed by atoms with van der Waals surface area (Å²) < 4.78 is 0. The molecule has 2 nitrogen and oxygen atoms in total. The van der Waals surface area contributed by atoms with Gasteiger partial charge in [0, 0.05) is 28.3 Å². The van der Waals surface area contributed by atoms with E-state index in [1.54, 1.807) is 0 Å². The number of rotatable bonds is 1. The summed E-state index contributed by atoms with van der Waals surface area (Å²) in [5.74, 6) is 0.253. The molecule has 0 atom stereocenters. The van der Waals surface area contributed by atoms with Gasteiger partial charge in [0.15, 0.2) is 5.78 Å². The summed E-state index contributed by atoms with van der Waals surface area (Å²) in [6, 6.07) is 7.75. The number of hydrogen-bond donors (Lipinski definition) is 1. The van der Waals surface area contributed by atoms with Gasteiger partial charge in [0.1, 0.15) is 0 Å². The van der Waals surface area contributed by atoms with Gasteiger partial charge in [0.05, 0.1) is 5.69 Å². The predicted molar refractivity (Wildman–Crippen MR) is 73.2 cm³/mol. The van der Waals surface area contributed by atoms with E-state index in [1.165, 1.54) is 0 Å². The average Bonchev–Trinajstić information content (AvgIpc) is 2.69. The van der Waals surface area contributed by atoms with Gasteiger partial charge >= 0.3 is 0 Å². The summed E-state index contributed by atoms with van der Waals surface area (Å²) in [4.78, 5) is 15.3. The fourth-order valence-electron chi connectivity index (χ4n) is 2.75. The number of H-pyrrole nitrogens is 1. The molecule has 1 heterocycles. The van der Waals surface area contributed by atoms with Gasteiger partial charge in [-0.15, -0.1) is 0 Å². The average molecular weight is 260 g/mol. The molecule has 0 saturated carbocycles. The van der Waals surface area contributed by atoms with E-state index in [0.717, 1.165) is 45.9 Å². The maximum atomic E-state index is 12.0. The van der Waals surface area contributed by atoms with Crippen LogP contribution in [0.2, 0.25) is 5.02 Å². The maximum Gasteiger partial charge on any atom is 0.164 e. The molecule has 0 bridgehead atoms. The van der Waals surface area contributed by atoms with Crippen LogP contribution in [0, 0.1) is 6.92 Å². The summed E-state index contributed by atoms with van der Waals surface area (Å²) in [5.41, 5.74) is 4.98. The molecule has 0 radical (unpaired) electrons. The van der Waals surface area contributed by atoms with E-state index < -0.39 is 0 Å². The molecule has 0 saturated heterocycles. The number of aromatic nitrogens is 1. The van der Waals surface area contributed by atoms with Crippen LogP contribution in [-0.4, -0.2) is 10.8 Å². The fourth-order valence-corrected chi connectivity index (χ4v) is 2.98. The lowest BCUT2D eigenvalue weighted by molar-refractivity contribution is 0.0972. The molecule has 1 aliphatic carbocycles. The van der Waals surface area contributed by atoms with E-state index in [9.17, 15) is 4.79 Å². The smallest absolute Gasteiger partial charge is 0.164 e. The molecule has 92 valence electrons. The number of benzene rings is 1. The van der Waals surface area contributed by atoms with Crippen molar-refractivity contribution >= 4 is 17.4 Å². The molecule has 0 spiro atoms. The standard InChI is InChI=1S/C15H14ClNO/c1-9-14-11(6-4-8-13(14)18)15(17-9)10-5-2-3-7-12(10)16/h2-3,5,7,17H,4,6,8H2,1H3. The minimum absolute atomic E-state index is 0.253. The molecular formula is C15H14ClNO. The molecule has 18 heavy (non-hydrogen) atoms. The van der Waals surface area contributed by atoms with Crippen LogP contribution in [0.5, 0.6) is 0 Å². The second kappa shape index (κ2) is 4.29. The van der Waals surface area contributed by atoms with E-state index in [-0.39, 0.29) is 5.78 Å². The van der Waals surface area contributed by atoms with Crippen LogP contribution in [0.3, 0.4) is 0 Å². The van der Waals surface area contributed by atoms with Crippen molar-refractivity contribution in [2.45, 2.75) is 26.2 Å². The van der Waals surface area contributed by atoms with Crippen LogP contribution < -0.4 is 0 Å². The van der Waals surface area contributed by atoms with Crippen molar-refractivity contribution in [3.63, 3.8) is 0 Å². The Morgan fingerprint density at radius 3 is 2.78 bits per heavy atom. The highest BCUT2D eigenvalue weighted by atomic mass is 35.5. The zero-order chi connectivity index (χ0) is 12.7. The normalized spacial score (nSPS) is 14.7. The SMILES string of the molecule is Cc1[nH]c(-c2ccccc2Cl)c2c1C(=O)CCC2. The third kappa shape index (κ3) is 1.68. The number of carbonyl (C=O) groups excluding carboxylic acids is 1. The van der Waals surface area contributed by atoms with Crippen molar-refractivity contribution < 1.29 is 4.79 Å². The summed E-state index contributed by atoms with van der Waals surface area (Å²) in [5, 5.41) is 0.722. The Balaban J connectivity index is 2.23. The van der Waals surface area contributed by atoms with Gasteiger partial charge < -0.3 is 4.98 Å². The van der Waals surface area contributed by atoms with Gasteiger partial charge in [-0.1, -0.05) is 29.8 Å². The predicted octanol–water partition coefficient (Wildman–Crippen LogP) is 4.16. The number of aryl methyl sites for hydroxylation is 1. The number of aromatic amines is 1. The number of hydrogen-bond acceptors (Lipinski definition) is 1. The fraction of sp³-hybridized carbons (Fsp3) is 0.267. The van der Waals surface area contributed by atoms with Gasteiger partial charge in [0.25, 0.3) is 0 Å². The van der Waals surface area contributed by atoms with Crippen molar-refractivity contribution in [1.29, 1.82) is 0 Å². The Labute approximate surface area is 111 Å². The van der Waals surface area contributed by atoms with Crippen molar-refractivity contribution in [3.05, 3.63) is 46.1 Å². The minimum atomic E-state index is 0.253. The zero-order valence-electron chi connectivity index (χ0n) is 10.2. The van der Waals surface area contributed by atoms with Crippen LogP contribution in [0.15, 0.2) is 24.3 Å². The van der Waals surface area contributed by atoms with Crippen molar-refractivity contribution in [2.75, 3.05) is 0 Å². The van der Waals surface area contributed by atoms with Crippen LogP contribution >= 0.6 is 11.6 Å². The third-order valence-electron chi connectivity index (χ3n) is 3.54. The lowest BCUT2D eigenvalue weighted by Crippen LogP contribution is -2.09. The molecule has 3 heteroatoms. The molecule has 3 rings (SSSR count). The van der Waals surface area contributed by atoms with Crippen molar-refractivity contribution in [3.8, 4) is 11.3 Å². The van der Waals surface area contributed by atoms with Gasteiger partial charge in [0.2, 0.25) is 0 Å². The van der Waals surface area contributed by atoms with E-state index >= 15 is 0 Å². The molecule has 2 aromatic rings. The Kier molecular flexibility index (Phi) is 2.75. The number of fused-ring (bicyclic) bond motifs is 1. The maximum absolute atomic E-state index is 12.0. The molecular weight excluding hydrogens is 246 g/mol. The van der Waals surface area contributed by atoms with Gasteiger partial charge in [-0.2, -0.15) is 0 Å². The van der Waals surface area contributed by atoms with Crippen LogP contribution in [0.4, 0.5) is 0 Å². The second-order valence-corrected chi connectivity index (χ2v) is 5.14. The Bertz CT molecular complexity index is 627. The Morgan fingerprint density at radius 1 is 1.22 bits per heavy atom. The molecule has 1 aromatic heterocycles. The van der Waals surface area contributed by atoms with E-state index in [0.29, 0.717) is 6.42 Å².